The van der Waals surface area contributed by atoms with Gasteiger partial charge in [0.1, 0.15) is 18.0 Å². The maximum absolute atomic E-state index is 13.2. The van der Waals surface area contributed by atoms with Crippen molar-refractivity contribution in [1.82, 2.24) is 0 Å². The second kappa shape index (κ2) is 26.4. The molecular weight excluding hydrogens is 476 g/mol. The highest BCUT2D eigenvalue weighted by Gasteiger charge is 2.36. The fourth-order valence-electron chi connectivity index (χ4n) is 5.45. The van der Waals surface area contributed by atoms with Crippen LogP contribution in [0.25, 0.3) is 0 Å². The fourth-order valence-corrected chi connectivity index (χ4v) is 5.45. The largest absolute Gasteiger partial charge is 0.394 e. The van der Waals surface area contributed by atoms with Crippen LogP contribution in [0.2, 0.25) is 0 Å². The Morgan fingerprint density at radius 3 is 1.29 bits per heavy atom. The molecule has 0 aliphatic carbocycles. The molecule has 0 saturated heterocycles. The summed E-state index contributed by atoms with van der Waals surface area (Å²) in [6, 6.07) is 0. The van der Waals surface area contributed by atoms with Crippen LogP contribution in [-0.4, -0.2) is 45.7 Å². The van der Waals surface area contributed by atoms with Crippen molar-refractivity contribution in [2.75, 3.05) is 6.61 Å². The molecule has 38 heavy (non-hydrogen) atoms. The summed E-state index contributed by atoms with van der Waals surface area (Å²) < 4.78 is 0. The molecule has 5 nitrogen and oxygen atoms in total. The van der Waals surface area contributed by atoms with E-state index in [0.29, 0.717) is 12.8 Å². The number of carbonyl (C=O) groups is 2. The fraction of sp³-hybridized carbons (Fsp3) is 0.939. The normalized spacial score (nSPS) is 14.8. The lowest BCUT2D eigenvalue weighted by Gasteiger charge is -2.24. The van der Waals surface area contributed by atoms with Crippen molar-refractivity contribution in [1.29, 1.82) is 0 Å². The van der Waals surface area contributed by atoms with E-state index in [0.717, 1.165) is 38.5 Å². The molecule has 0 aromatic heterocycles. The third kappa shape index (κ3) is 18.5. The number of carbonyl (C=O) groups excluding carboxylic acids is 2. The highest BCUT2D eigenvalue weighted by atomic mass is 16.4. The van der Waals surface area contributed by atoms with E-state index in [-0.39, 0.29) is 11.7 Å². The summed E-state index contributed by atoms with van der Waals surface area (Å²) in [7, 11) is 0. The number of rotatable bonds is 29. The standard InChI is InChI=1S/C33H64O5/c1-4-7-9-10-11-12-13-14-15-16-17-18-19-20-21-22-23-24-26-29(32(37)33(38)30(35)27-34)31(36)28(6-3)25-8-5-2/h28-30,33-35,38H,4-27H2,1-3H3. The Labute approximate surface area is 235 Å². The molecule has 0 saturated carbocycles. The van der Waals surface area contributed by atoms with E-state index in [1.807, 2.05) is 6.92 Å². The van der Waals surface area contributed by atoms with E-state index < -0.39 is 30.5 Å². The summed E-state index contributed by atoms with van der Waals surface area (Å²) in [5.74, 6) is -1.78. The minimum absolute atomic E-state index is 0.0953. The van der Waals surface area contributed by atoms with Gasteiger partial charge in [0.05, 0.1) is 12.5 Å². The topological polar surface area (TPSA) is 94.8 Å². The van der Waals surface area contributed by atoms with Gasteiger partial charge in [-0.1, -0.05) is 149 Å². The van der Waals surface area contributed by atoms with Crippen LogP contribution < -0.4 is 0 Å². The van der Waals surface area contributed by atoms with E-state index in [4.69, 9.17) is 5.11 Å². The summed E-state index contributed by atoms with van der Waals surface area (Å²) in [5.41, 5.74) is 0. The van der Waals surface area contributed by atoms with Gasteiger partial charge in [-0.25, -0.2) is 0 Å². The van der Waals surface area contributed by atoms with Crippen LogP contribution in [-0.2, 0) is 9.59 Å². The molecule has 0 spiro atoms. The van der Waals surface area contributed by atoms with E-state index in [1.165, 1.54) is 96.3 Å². The zero-order chi connectivity index (χ0) is 28.4. The highest BCUT2D eigenvalue weighted by molar-refractivity contribution is 6.05. The SMILES string of the molecule is CCCCCCCCCCCCCCCCCCCCC(C(=O)C(CC)CCCC)C(=O)C(O)C(O)CO. The van der Waals surface area contributed by atoms with Gasteiger partial charge < -0.3 is 15.3 Å². The maximum atomic E-state index is 13.2. The van der Waals surface area contributed by atoms with Gasteiger partial charge in [0.15, 0.2) is 5.78 Å². The zero-order valence-corrected chi connectivity index (χ0v) is 25.4. The summed E-state index contributed by atoms with van der Waals surface area (Å²) in [4.78, 5) is 26.0. The van der Waals surface area contributed by atoms with Crippen LogP contribution in [0.4, 0.5) is 0 Å². The first-order valence-electron chi connectivity index (χ1n) is 16.5. The number of aliphatic hydroxyl groups is 3. The van der Waals surface area contributed by atoms with Gasteiger partial charge in [0.2, 0.25) is 0 Å². The second-order valence-corrected chi connectivity index (χ2v) is 11.6. The van der Waals surface area contributed by atoms with Gasteiger partial charge >= 0.3 is 0 Å². The lowest BCUT2D eigenvalue weighted by Crippen LogP contribution is -2.43. The Balaban J connectivity index is 4.09. The van der Waals surface area contributed by atoms with Crippen molar-refractivity contribution in [3.8, 4) is 0 Å². The van der Waals surface area contributed by atoms with Gasteiger partial charge in [0.25, 0.3) is 0 Å². The van der Waals surface area contributed by atoms with Crippen LogP contribution in [0.3, 0.4) is 0 Å². The number of hydrogen-bond acceptors (Lipinski definition) is 5. The Kier molecular flexibility index (Phi) is 25.9. The van der Waals surface area contributed by atoms with Crippen LogP contribution in [0.15, 0.2) is 0 Å². The molecule has 5 heteroatoms. The number of ketones is 2. The summed E-state index contributed by atoms with van der Waals surface area (Å²) in [5, 5.41) is 29.1. The minimum Gasteiger partial charge on any atom is -0.394 e. The molecule has 4 atom stereocenters. The van der Waals surface area contributed by atoms with Crippen molar-refractivity contribution in [3.05, 3.63) is 0 Å². The average molecular weight is 541 g/mol. The first-order valence-corrected chi connectivity index (χ1v) is 16.5. The average Bonchev–Trinajstić information content (AvgIpc) is 2.93. The van der Waals surface area contributed by atoms with E-state index in [9.17, 15) is 19.8 Å². The number of unbranched alkanes of at least 4 members (excludes halogenated alkanes) is 18. The Hall–Kier alpha value is -0.780. The Morgan fingerprint density at radius 2 is 0.921 bits per heavy atom. The van der Waals surface area contributed by atoms with Crippen LogP contribution >= 0.6 is 0 Å². The molecule has 3 N–H and O–H groups in total. The molecule has 4 unspecified atom stereocenters. The number of Topliss-reactive ketones (excluding diaryl/α,β-unsaturated/α-hetero) is 2. The first kappa shape index (κ1) is 37.2. The molecule has 0 radical (unpaired) electrons. The van der Waals surface area contributed by atoms with Crippen molar-refractivity contribution >= 4 is 11.6 Å². The third-order valence-corrected chi connectivity index (χ3v) is 8.18. The summed E-state index contributed by atoms with van der Waals surface area (Å²) in [6.07, 6.45) is 23.7. The lowest BCUT2D eigenvalue weighted by molar-refractivity contribution is -0.145. The maximum Gasteiger partial charge on any atom is 0.174 e. The monoisotopic (exact) mass is 540 g/mol. The molecular formula is C33H64O5. The quantitative estimate of drug-likeness (QED) is 0.0658. The first-order chi connectivity index (χ1) is 18.4. The van der Waals surface area contributed by atoms with Crippen molar-refractivity contribution in [2.24, 2.45) is 11.8 Å². The Morgan fingerprint density at radius 1 is 0.526 bits per heavy atom. The molecule has 226 valence electrons. The predicted molar refractivity (Wildman–Crippen MR) is 159 cm³/mol. The lowest BCUT2D eigenvalue weighted by atomic mass is 9.80. The molecule has 0 fully saturated rings. The van der Waals surface area contributed by atoms with Gasteiger partial charge in [-0.05, 0) is 19.3 Å². The summed E-state index contributed by atoms with van der Waals surface area (Å²) in [6.45, 7) is 5.63. The molecule has 0 aliphatic rings. The van der Waals surface area contributed by atoms with E-state index >= 15 is 0 Å². The predicted octanol–water partition coefficient (Wildman–Crippen LogP) is 8.10. The van der Waals surface area contributed by atoms with Gasteiger partial charge in [-0.15, -0.1) is 0 Å². The molecule has 0 aromatic rings. The van der Waals surface area contributed by atoms with Crippen molar-refractivity contribution in [3.63, 3.8) is 0 Å². The summed E-state index contributed by atoms with van der Waals surface area (Å²) >= 11 is 0. The van der Waals surface area contributed by atoms with Crippen molar-refractivity contribution < 1.29 is 24.9 Å². The van der Waals surface area contributed by atoms with Crippen LogP contribution in [0, 0.1) is 11.8 Å². The molecule has 0 bridgehead atoms. The molecule has 0 aliphatic heterocycles. The minimum atomic E-state index is -1.70. The molecule has 0 aromatic carbocycles. The Bertz CT molecular complexity index is 550. The highest BCUT2D eigenvalue weighted by Crippen LogP contribution is 2.25. The van der Waals surface area contributed by atoms with Gasteiger partial charge in [0, 0.05) is 5.92 Å². The van der Waals surface area contributed by atoms with E-state index in [1.54, 1.807) is 0 Å². The van der Waals surface area contributed by atoms with E-state index in [2.05, 4.69) is 13.8 Å². The van der Waals surface area contributed by atoms with Gasteiger partial charge in [-0.3, -0.25) is 9.59 Å². The van der Waals surface area contributed by atoms with Crippen molar-refractivity contribution in [2.45, 2.75) is 181 Å². The zero-order valence-electron chi connectivity index (χ0n) is 25.4. The van der Waals surface area contributed by atoms with Crippen LogP contribution in [0.5, 0.6) is 0 Å². The second-order valence-electron chi connectivity index (χ2n) is 11.6. The number of aliphatic hydroxyl groups excluding tert-OH is 3. The third-order valence-electron chi connectivity index (χ3n) is 8.18. The van der Waals surface area contributed by atoms with Crippen LogP contribution in [0.1, 0.15) is 168 Å². The molecule has 0 rings (SSSR count). The molecule has 0 heterocycles. The smallest absolute Gasteiger partial charge is 0.174 e. The van der Waals surface area contributed by atoms with Gasteiger partial charge in [-0.2, -0.15) is 0 Å². The number of hydrogen-bond donors (Lipinski definition) is 3. The molecule has 0 amide bonds.